The zero-order valence-electron chi connectivity index (χ0n) is 15.3. The number of amides is 1. The maximum atomic E-state index is 13.2. The first-order chi connectivity index (χ1) is 12.8. The van der Waals surface area contributed by atoms with Crippen molar-refractivity contribution in [3.05, 3.63) is 48.3 Å². The molecule has 1 amide bonds. The molecule has 28 heavy (non-hydrogen) atoms. The number of nitrogens with one attached hydrogen (secondary N) is 1. The van der Waals surface area contributed by atoms with Crippen LogP contribution in [-0.4, -0.2) is 47.1 Å². The van der Waals surface area contributed by atoms with Crippen molar-refractivity contribution >= 4 is 18.3 Å². The lowest BCUT2D eigenvalue weighted by molar-refractivity contribution is -0.274. The van der Waals surface area contributed by atoms with Crippen LogP contribution >= 0.6 is 12.4 Å². The molecule has 0 saturated carbocycles. The molecule has 0 unspecified atom stereocenters. The van der Waals surface area contributed by atoms with Crippen molar-refractivity contribution in [3.63, 3.8) is 0 Å². The van der Waals surface area contributed by atoms with E-state index in [-0.39, 0.29) is 30.6 Å². The molecular weight excluding hydrogens is 397 g/mol. The Labute approximate surface area is 167 Å². The first-order valence-electron chi connectivity index (χ1n) is 8.61. The molecular formula is C18H22ClF3N4O2. The Morgan fingerprint density at radius 2 is 1.93 bits per heavy atom. The molecule has 2 aromatic rings. The van der Waals surface area contributed by atoms with E-state index in [1.165, 1.54) is 24.3 Å². The minimum atomic E-state index is -4.72. The van der Waals surface area contributed by atoms with Gasteiger partial charge in [0.25, 0.3) is 5.91 Å². The molecule has 1 aromatic carbocycles. The van der Waals surface area contributed by atoms with Crippen LogP contribution in [0.5, 0.6) is 5.75 Å². The number of piperidine rings is 1. The molecule has 6 nitrogen and oxygen atoms in total. The predicted molar refractivity (Wildman–Crippen MR) is 99.2 cm³/mol. The molecule has 1 saturated heterocycles. The van der Waals surface area contributed by atoms with Crippen LogP contribution < -0.4 is 10.1 Å². The topological polar surface area (TPSA) is 59.4 Å². The molecule has 2 heterocycles. The molecule has 1 aliphatic rings. The van der Waals surface area contributed by atoms with E-state index in [0.717, 1.165) is 0 Å². The Balaban J connectivity index is 0.00000280. The van der Waals surface area contributed by atoms with Gasteiger partial charge >= 0.3 is 6.36 Å². The van der Waals surface area contributed by atoms with Gasteiger partial charge in [-0.1, -0.05) is 12.1 Å². The summed E-state index contributed by atoms with van der Waals surface area (Å²) in [6.45, 7) is 1.70. The summed E-state index contributed by atoms with van der Waals surface area (Å²) >= 11 is 0. The van der Waals surface area contributed by atoms with Crippen molar-refractivity contribution < 1.29 is 22.7 Å². The molecule has 154 valence electrons. The lowest BCUT2D eigenvalue weighted by Crippen LogP contribution is -2.54. The third-order valence-corrected chi connectivity index (χ3v) is 4.70. The monoisotopic (exact) mass is 418 g/mol. The van der Waals surface area contributed by atoms with Crippen LogP contribution in [0.25, 0.3) is 0 Å². The van der Waals surface area contributed by atoms with Crippen LogP contribution in [0.4, 0.5) is 13.2 Å². The SMILES string of the molecule is CN(Cc1ccc(OC(F)(F)F)cc1)C(=O)C1(n2cccn2)CCNCC1.Cl. The van der Waals surface area contributed by atoms with Crippen LogP contribution in [0.2, 0.25) is 0 Å². The second-order valence-electron chi connectivity index (χ2n) is 6.59. The summed E-state index contributed by atoms with van der Waals surface area (Å²) in [7, 11) is 1.69. The fourth-order valence-electron chi connectivity index (χ4n) is 3.40. The number of alkyl halides is 3. The highest BCUT2D eigenvalue weighted by Gasteiger charge is 2.43. The summed E-state index contributed by atoms with van der Waals surface area (Å²) in [6, 6.07) is 7.32. The highest BCUT2D eigenvalue weighted by molar-refractivity contribution is 5.85. The first-order valence-corrected chi connectivity index (χ1v) is 8.61. The molecule has 0 atom stereocenters. The molecule has 1 aromatic heterocycles. The van der Waals surface area contributed by atoms with Gasteiger partial charge in [-0.05, 0) is 49.7 Å². The Morgan fingerprint density at radius 1 is 1.29 bits per heavy atom. The largest absolute Gasteiger partial charge is 0.573 e. The maximum absolute atomic E-state index is 13.2. The minimum absolute atomic E-state index is 0. The van der Waals surface area contributed by atoms with Gasteiger partial charge in [-0.3, -0.25) is 9.48 Å². The predicted octanol–water partition coefficient (Wildman–Crippen LogP) is 2.94. The van der Waals surface area contributed by atoms with E-state index in [1.54, 1.807) is 35.1 Å². The van der Waals surface area contributed by atoms with Crippen molar-refractivity contribution in [3.8, 4) is 5.75 Å². The second-order valence-corrected chi connectivity index (χ2v) is 6.59. The van der Waals surface area contributed by atoms with Gasteiger partial charge < -0.3 is 15.0 Å². The van der Waals surface area contributed by atoms with Crippen LogP contribution in [0.1, 0.15) is 18.4 Å². The van der Waals surface area contributed by atoms with E-state index in [0.29, 0.717) is 31.5 Å². The van der Waals surface area contributed by atoms with E-state index in [4.69, 9.17) is 0 Å². The van der Waals surface area contributed by atoms with Gasteiger partial charge in [0.05, 0.1) is 0 Å². The first kappa shape index (κ1) is 22.0. The third-order valence-electron chi connectivity index (χ3n) is 4.70. The highest BCUT2D eigenvalue weighted by atomic mass is 35.5. The van der Waals surface area contributed by atoms with E-state index >= 15 is 0 Å². The molecule has 0 aliphatic carbocycles. The molecule has 1 aliphatic heterocycles. The van der Waals surface area contributed by atoms with E-state index < -0.39 is 11.9 Å². The second kappa shape index (κ2) is 8.83. The number of hydrogen-bond donors (Lipinski definition) is 1. The number of ether oxygens (including phenoxy) is 1. The maximum Gasteiger partial charge on any atom is 0.573 e. The number of benzene rings is 1. The Morgan fingerprint density at radius 3 is 2.46 bits per heavy atom. The number of hydrogen-bond acceptors (Lipinski definition) is 4. The normalized spacial score (nSPS) is 16.1. The Bertz CT molecular complexity index is 760. The van der Waals surface area contributed by atoms with Crippen molar-refractivity contribution in [2.24, 2.45) is 0 Å². The molecule has 10 heteroatoms. The highest BCUT2D eigenvalue weighted by Crippen LogP contribution is 2.30. The van der Waals surface area contributed by atoms with Crippen molar-refractivity contribution in [2.45, 2.75) is 31.3 Å². The average molecular weight is 419 g/mol. The number of rotatable bonds is 5. The van der Waals surface area contributed by atoms with Crippen LogP contribution in [-0.2, 0) is 16.9 Å². The number of nitrogens with zero attached hydrogens (tertiary/aromatic N) is 3. The number of aromatic nitrogens is 2. The van der Waals surface area contributed by atoms with Crippen molar-refractivity contribution in [2.75, 3.05) is 20.1 Å². The van der Waals surface area contributed by atoms with Gasteiger partial charge in [-0.25, -0.2) is 0 Å². The fraction of sp³-hybridized carbons (Fsp3) is 0.444. The number of carbonyl (C=O) groups is 1. The van der Waals surface area contributed by atoms with Crippen molar-refractivity contribution in [1.29, 1.82) is 0 Å². The molecule has 0 radical (unpaired) electrons. The number of likely N-dealkylation sites (N-methyl/N-ethyl adjacent to an activating group) is 1. The molecule has 1 N–H and O–H groups in total. The lowest BCUT2D eigenvalue weighted by atomic mass is 9.86. The zero-order chi connectivity index (χ0) is 19.5. The zero-order valence-corrected chi connectivity index (χ0v) is 16.1. The molecule has 1 fully saturated rings. The van der Waals surface area contributed by atoms with E-state index in [9.17, 15) is 18.0 Å². The molecule has 0 spiro atoms. The van der Waals surface area contributed by atoms with Crippen LogP contribution in [0.15, 0.2) is 42.7 Å². The van der Waals surface area contributed by atoms with Gasteiger partial charge in [0, 0.05) is 26.0 Å². The summed E-state index contributed by atoms with van der Waals surface area (Å²) in [6.07, 6.45) is -0.0391. The van der Waals surface area contributed by atoms with Gasteiger partial charge in [0.2, 0.25) is 0 Å². The minimum Gasteiger partial charge on any atom is -0.406 e. The average Bonchev–Trinajstić information content (AvgIpc) is 3.17. The Hall–Kier alpha value is -2.26. The van der Waals surface area contributed by atoms with Crippen LogP contribution in [0, 0.1) is 0 Å². The summed E-state index contributed by atoms with van der Waals surface area (Å²) in [4.78, 5) is 14.8. The summed E-state index contributed by atoms with van der Waals surface area (Å²) < 4.78 is 42.3. The summed E-state index contributed by atoms with van der Waals surface area (Å²) in [5.41, 5.74) is -0.0343. The Kier molecular flexibility index (Phi) is 6.95. The molecule has 3 rings (SSSR count). The van der Waals surface area contributed by atoms with Gasteiger partial charge in [0.1, 0.15) is 11.3 Å². The quantitative estimate of drug-likeness (QED) is 0.811. The van der Waals surface area contributed by atoms with E-state index in [1.807, 2.05) is 0 Å². The fourth-order valence-corrected chi connectivity index (χ4v) is 3.40. The molecule has 0 bridgehead atoms. The standard InChI is InChI=1S/C18H21F3N4O2.ClH/c1-24(13-14-3-5-15(6-4-14)27-18(19,20)21)16(26)17(7-10-22-11-8-17)25-12-2-9-23-25;/h2-6,9,12,22H,7-8,10-11,13H2,1H3;1H. The van der Waals surface area contributed by atoms with Gasteiger partial charge in [0.15, 0.2) is 0 Å². The summed E-state index contributed by atoms with van der Waals surface area (Å²) in [5, 5.41) is 7.54. The smallest absolute Gasteiger partial charge is 0.406 e. The van der Waals surface area contributed by atoms with Crippen LogP contribution in [0.3, 0.4) is 0 Å². The lowest BCUT2D eigenvalue weighted by Gasteiger charge is -2.39. The van der Waals surface area contributed by atoms with Crippen molar-refractivity contribution in [1.82, 2.24) is 20.0 Å². The van der Waals surface area contributed by atoms with Gasteiger partial charge in [-0.2, -0.15) is 5.10 Å². The third kappa shape index (κ3) is 4.96. The summed E-state index contributed by atoms with van der Waals surface area (Å²) in [5.74, 6) is -0.352. The number of carbonyl (C=O) groups excluding carboxylic acids is 1. The number of halogens is 4. The van der Waals surface area contributed by atoms with E-state index in [2.05, 4.69) is 15.2 Å². The van der Waals surface area contributed by atoms with Gasteiger partial charge in [-0.15, -0.1) is 25.6 Å².